The Hall–Kier alpha value is -1.72. The molecule has 2 fully saturated rings. The molecule has 0 radical (unpaired) electrons. The van der Waals surface area contributed by atoms with Gasteiger partial charge in [-0.05, 0) is 61.9 Å². The van der Waals surface area contributed by atoms with Crippen LogP contribution in [0.1, 0.15) is 30.6 Å². The zero-order chi connectivity index (χ0) is 24.0. The number of fused-ring (bicyclic) bond motifs is 1. The van der Waals surface area contributed by atoms with Crippen LogP contribution in [-0.2, 0) is 11.3 Å². The molecule has 182 valence electrons. The lowest BCUT2D eigenvalue weighted by Gasteiger charge is -2.45. The summed E-state index contributed by atoms with van der Waals surface area (Å²) in [5.74, 6) is 0. The third-order valence-corrected chi connectivity index (χ3v) is 7.72. The number of hydrogen-bond donors (Lipinski definition) is 0. The van der Waals surface area contributed by atoms with Crippen LogP contribution in [0, 0.1) is 0 Å². The van der Waals surface area contributed by atoms with E-state index in [1.54, 1.807) is 11.3 Å². The first kappa shape index (κ1) is 24.4. The average Bonchev–Trinajstić information content (AvgIpc) is 3.28. The highest BCUT2D eigenvalue weighted by Crippen LogP contribution is 2.41. The van der Waals surface area contributed by atoms with Gasteiger partial charge in [0.15, 0.2) is 0 Å². The fourth-order valence-corrected chi connectivity index (χ4v) is 5.98. The maximum Gasteiger partial charge on any atom is 0.434 e. The van der Waals surface area contributed by atoms with E-state index >= 15 is 0 Å². The number of ether oxygens (including phenoxy) is 1. The highest BCUT2D eigenvalue weighted by Gasteiger charge is 2.60. The van der Waals surface area contributed by atoms with Gasteiger partial charge in [-0.2, -0.15) is 26.3 Å². The number of rotatable bonds is 3. The van der Waals surface area contributed by atoms with Crippen LogP contribution in [0.4, 0.5) is 31.1 Å². The van der Waals surface area contributed by atoms with E-state index in [0.29, 0.717) is 24.4 Å². The molecule has 0 unspecified atom stereocenters. The molecule has 0 saturated carbocycles. The maximum atomic E-state index is 12.7. The van der Waals surface area contributed by atoms with Crippen molar-refractivity contribution in [2.75, 3.05) is 19.6 Å². The predicted molar refractivity (Wildman–Crippen MR) is 112 cm³/mol. The minimum atomic E-state index is -5.72. The summed E-state index contributed by atoms with van der Waals surface area (Å²) in [5, 5.41) is 1.71. The Labute approximate surface area is 195 Å². The van der Waals surface area contributed by atoms with E-state index in [9.17, 15) is 31.1 Å². The van der Waals surface area contributed by atoms with Crippen molar-refractivity contribution >= 4 is 39.1 Å². The zero-order valence-corrected chi connectivity index (χ0v) is 18.9. The fourth-order valence-electron chi connectivity index (χ4n) is 4.74. The third-order valence-electron chi connectivity index (χ3n) is 6.38. The van der Waals surface area contributed by atoms with Gasteiger partial charge in [0.05, 0.1) is 0 Å². The summed E-state index contributed by atoms with van der Waals surface area (Å²) in [7, 11) is 0. The molecule has 4 nitrogen and oxygen atoms in total. The van der Waals surface area contributed by atoms with Gasteiger partial charge in [-0.25, -0.2) is 4.79 Å². The van der Waals surface area contributed by atoms with Gasteiger partial charge < -0.3 is 9.64 Å². The van der Waals surface area contributed by atoms with Crippen LogP contribution in [0.25, 0.3) is 10.1 Å². The number of piperidine rings is 1. The van der Waals surface area contributed by atoms with Gasteiger partial charge in [0.2, 0.25) is 0 Å². The van der Waals surface area contributed by atoms with Crippen molar-refractivity contribution in [3.63, 3.8) is 0 Å². The molecule has 4 rings (SSSR count). The van der Waals surface area contributed by atoms with Crippen LogP contribution in [0.2, 0.25) is 5.02 Å². The van der Waals surface area contributed by atoms with E-state index in [1.807, 2.05) is 18.2 Å². The Morgan fingerprint density at radius 2 is 1.73 bits per heavy atom. The highest BCUT2D eigenvalue weighted by molar-refractivity contribution is 7.19. The van der Waals surface area contributed by atoms with Crippen molar-refractivity contribution < 1.29 is 35.9 Å². The molecule has 2 aliphatic rings. The Bertz CT molecular complexity index is 1000. The van der Waals surface area contributed by atoms with Crippen molar-refractivity contribution in [3.05, 3.63) is 34.2 Å². The van der Waals surface area contributed by atoms with Crippen LogP contribution in [-0.4, -0.2) is 59.5 Å². The number of nitrogens with zero attached hydrogens (tertiary/aromatic N) is 2. The van der Waals surface area contributed by atoms with E-state index in [0.717, 1.165) is 39.2 Å². The first-order valence-corrected chi connectivity index (χ1v) is 11.6. The van der Waals surface area contributed by atoms with Gasteiger partial charge in [-0.1, -0.05) is 11.6 Å². The van der Waals surface area contributed by atoms with Crippen LogP contribution in [0.5, 0.6) is 0 Å². The number of alkyl halides is 6. The minimum absolute atomic E-state index is 0.0415. The normalized spacial score (nSPS) is 19.7. The molecule has 0 bridgehead atoms. The first-order chi connectivity index (χ1) is 15.4. The second kappa shape index (κ2) is 8.81. The second-order valence-corrected chi connectivity index (χ2v) is 10.1. The Kier molecular flexibility index (Phi) is 6.52. The number of amides is 1. The smallest absolute Gasteiger partial charge is 0.426 e. The number of halogens is 7. The molecule has 33 heavy (non-hydrogen) atoms. The number of carbonyl (C=O) groups is 1. The van der Waals surface area contributed by atoms with E-state index in [4.69, 9.17) is 11.6 Å². The average molecular weight is 515 g/mol. The van der Waals surface area contributed by atoms with Gasteiger partial charge in [-0.3, -0.25) is 4.90 Å². The summed E-state index contributed by atoms with van der Waals surface area (Å²) < 4.78 is 81.2. The molecule has 12 heteroatoms. The summed E-state index contributed by atoms with van der Waals surface area (Å²) in [6, 6.07) is 7.78. The lowest BCUT2D eigenvalue weighted by molar-refractivity contribution is -0.308. The van der Waals surface area contributed by atoms with Crippen molar-refractivity contribution in [3.8, 4) is 0 Å². The molecular weight excluding hydrogens is 494 g/mol. The lowest BCUT2D eigenvalue weighted by Crippen LogP contribution is -2.54. The maximum absolute atomic E-state index is 12.7. The summed E-state index contributed by atoms with van der Waals surface area (Å²) in [6.07, 6.45) is -14.4. The van der Waals surface area contributed by atoms with Crippen LogP contribution >= 0.6 is 22.9 Å². The number of benzene rings is 1. The number of thiophene rings is 1. The Morgan fingerprint density at radius 3 is 2.36 bits per heavy atom. The lowest BCUT2D eigenvalue weighted by atomic mass is 9.85. The molecule has 2 aromatic rings. The molecule has 1 amide bonds. The predicted octanol–water partition coefficient (Wildman–Crippen LogP) is 6.61. The summed E-state index contributed by atoms with van der Waals surface area (Å²) >= 11 is 7.72. The number of likely N-dealkylation sites (tertiary alicyclic amines) is 2. The molecule has 3 heterocycles. The molecule has 0 N–H and O–H groups in total. The second-order valence-electron chi connectivity index (χ2n) is 8.48. The standard InChI is InChI=1S/C21H21ClF6N2O2S/c22-14-2-3-16-13(10-14)11-15(33-16)12-30-7-1-4-19(30)5-8-29(9-6-19)18(31)32-17(20(23,24)25)21(26,27)28/h2-3,10-11,17H,1,4-9,12H2. The Morgan fingerprint density at radius 1 is 1.06 bits per heavy atom. The Balaban J connectivity index is 1.40. The highest BCUT2D eigenvalue weighted by atomic mass is 35.5. The summed E-state index contributed by atoms with van der Waals surface area (Å²) in [6.45, 7) is 1.61. The molecule has 0 aliphatic carbocycles. The van der Waals surface area contributed by atoms with Crippen LogP contribution < -0.4 is 0 Å². The van der Waals surface area contributed by atoms with Crippen molar-refractivity contribution in [1.82, 2.24) is 9.80 Å². The van der Waals surface area contributed by atoms with Crippen LogP contribution in [0.15, 0.2) is 24.3 Å². The molecular formula is C21H21ClF6N2O2S. The van der Waals surface area contributed by atoms with Gasteiger partial charge in [0.25, 0.3) is 6.10 Å². The van der Waals surface area contributed by atoms with E-state index in [-0.39, 0.29) is 18.6 Å². The van der Waals surface area contributed by atoms with E-state index < -0.39 is 24.5 Å². The summed E-state index contributed by atoms with van der Waals surface area (Å²) in [5.41, 5.74) is -0.238. The third kappa shape index (κ3) is 5.19. The van der Waals surface area contributed by atoms with Crippen LogP contribution in [0.3, 0.4) is 0 Å². The minimum Gasteiger partial charge on any atom is -0.426 e. The molecule has 2 aliphatic heterocycles. The largest absolute Gasteiger partial charge is 0.434 e. The van der Waals surface area contributed by atoms with Gasteiger partial charge >= 0.3 is 18.4 Å². The molecule has 1 aromatic heterocycles. The zero-order valence-electron chi connectivity index (χ0n) is 17.3. The first-order valence-electron chi connectivity index (χ1n) is 10.4. The quantitative estimate of drug-likeness (QED) is 0.432. The topological polar surface area (TPSA) is 32.8 Å². The van der Waals surface area contributed by atoms with E-state index in [1.165, 1.54) is 0 Å². The molecule has 2 saturated heterocycles. The van der Waals surface area contributed by atoms with Crippen molar-refractivity contribution in [1.29, 1.82) is 0 Å². The SMILES string of the molecule is O=C(OC(C(F)(F)F)C(F)(F)F)N1CCC2(CCCN2Cc2cc3cc(Cl)ccc3s2)CC1. The van der Waals surface area contributed by atoms with Gasteiger partial charge in [0, 0.05) is 39.8 Å². The number of carbonyl (C=O) groups excluding carboxylic acids is 1. The van der Waals surface area contributed by atoms with Crippen molar-refractivity contribution in [2.45, 2.75) is 56.2 Å². The molecule has 1 aromatic carbocycles. The van der Waals surface area contributed by atoms with E-state index in [2.05, 4.69) is 15.7 Å². The summed E-state index contributed by atoms with van der Waals surface area (Å²) in [4.78, 5) is 16.5. The van der Waals surface area contributed by atoms with Gasteiger partial charge in [0.1, 0.15) is 0 Å². The number of hydrogen-bond acceptors (Lipinski definition) is 4. The van der Waals surface area contributed by atoms with Crippen molar-refractivity contribution in [2.24, 2.45) is 0 Å². The monoisotopic (exact) mass is 514 g/mol. The van der Waals surface area contributed by atoms with Gasteiger partial charge in [-0.15, -0.1) is 11.3 Å². The fraction of sp³-hybridized carbons (Fsp3) is 0.571. The molecule has 1 spiro atoms. The molecule has 0 atom stereocenters.